The van der Waals surface area contributed by atoms with Crippen LogP contribution in [0.5, 0.6) is 5.75 Å². The molecule has 0 atom stereocenters. The molecule has 1 heterocycles. The number of thiazole rings is 1. The maximum absolute atomic E-state index is 5.88. The van der Waals surface area contributed by atoms with E-state index in [9.17, 15) is 0 Å². The first kappa shape index (κ1) is 16.3. The average Bonchev–Trinajstić information content (AvgIpc) is 2.92. The van der Waals surface area contributed by atoms with Crippen LogP contribution < -0.4 is 15.8 Å². The lowest BCUT2D eigenvalue weighted by atomic mass is 10.2. The first-order valence-corrected chi connectivity index (χ1v) is 8.17. The standard InChI is InChI=1S/C16H22N4OS/c1-12-11-22-15(19-12)8-3-4-9-18-16(17)20-13-6-5-7-14(10-13)21-2/h5-7,10-11H,3-4,8-9H2,1-2H3,(H3,17,18,20). The van der Waals surface area contributed by atoms with E-state index in [1.54, 1.807) is 18.4 Å². The van der Waals surface area contributed by atoms with Crippen LogP contribution in [-0.4, -0.2) is 24.6 Å². The van der Waals surface area contributed by atoms with E-state index in [-0.39, 0.29) is 0 Å². The van der Waals surface area contributed by atoms with Crippen LogP contribution >= 0.6 is 11.3 Å². The van der Waals surface area contributed by atoms with Crippen molar-refractivity contribution in [1.82, 2.24) is 4.98 Å². The topological polar surface area (TPSA) is 72.5 Å². The van der Waals surface area contributed by atoms with Crippen LogP contribution in [0, 0.1) is 6.92 Å². The van der Waals surface area contributed by atoms with Gasteiger partial charge in [-0.05, 0) is 38.3 Å². The Bertz CT molecular complexity index is 624. The molecule has 0 saturated carbocycles. The normalized spacial score (nSPS) is 11.5. The third-order valence-electron chi connectivity index (χ3n) is 3.09. The number of aliphatic imine (C=N–C) groups is 1. The Morgan fingerprint density at radius 2 is 2.27 bits per heavy atom. The van der Waals surface area contributed by atoms with Gasteiger partial charge in [-0.2, -0.15) is 0 Å². The van der Waals surface area contributed by atoms with Crippen molar-refractivity contribution in [1.29, 1.82) is 0 Å². The highest BCUT2D eigenvalue weighted by Gasteiger charge is 1.99. The number of nitrogens with two attached hydrogens (primary N) is 1. The molecule has 0 spiro atoms. The number of methoxy groups -OCH3 is 1. The lowest BCUT2D eigenvalue weighted by Gasteiger charge is -2.07. The number of unbranched alkanes of at least 4 members (excludes halogenated alkanes) is 1. The number of guanidine groups is 1. The summed E-state index contributed by atoms with van der Waals surface area (Å²) >= 11 is 1.72. The Hall–Kier alpha value is -2.08. The zero-order chi connectivity index (χ0) is 15.8. The van der Waals surface area contributed by atoms with Crippen molar-refractivity contribution in [3.63, 3.8) is 0 Å². The van der Waals surface area contributed by atoms with Crippen molar-refractivity contribution < 1.29 is 4.74 Å². The molecule has 1 aromatic heterocycles. The predicted octanol–water partition coefficient (Wildman–Crippen LogP) is 3.21. The molecule has 2 aromatic rings. The van der Waals surface area contributed by atoms with E-state index in [1.165, 1.54) is 5.01 Å². The second-order valence-corrected chi connectivity index (χ2v) is 5.91. The summed E-state index contributed by atoms with van der Waals surface area (Å²) in [5.41, 5.74) is 7.86. The summed E-state index contributed by atoms with van der Waals surface area (Å²) in [4.78, 5) is 8.79. The number of nitrogens with one attached hydrogen (secondary N) is 1. The summed E-state index contributed by atoms with van der Waals surface area (Å²) in [5, 5.41) is 6.35. The van der Waals surface area contributed by atoms with Crippen LogP contribution in [0.3, 0.4) is 0 Å². The molecule has 0 saturated heterocycles. The summed E-state index contributed by atoms with van der Waals surface area (Å²) in [5.74, 6) is 1.22. The van der Waals surface area contributed by atoms with Crippen molar-refractivity contribution in [3.05, 3.63) is 40.3 Å². The number of rotatable bonds is 7. The molecule has 6 heteroatoms. The number of benzene rings is 1. The van der Waals surface area contributed by atoms with E-state index in [4.69, 9.17) is 10.5 Å². The van der Waals surface area contributed by atoms with E-state index in [2.05, 4.69) is 20.7 Å². The lowest BCUT2D eigenvalue weighted by molar-refractivity contribution is 0.415. The van der Waals surface area contributed by atoms with Gasteiger partial charge in [0.15, 0.2) is 5.96 Å². The van der Waals surface area contributed by atoms with Crippen molar-refractivity contribution in [2.75, 3.05) is 19.0 Å². The summed E-state index contributed by atoms with van der Waals surface area (Å²) < 4.78 is 5.17. The molecule has 0 radical (unpaired) electrons. The number of nitrogens with zero attached hydrogens (tertiary/aromatic N) is 2. The molecule has 22 heavy (non-hydrogen) atoms. The summed E-state index contributed by atoms with van der Waals surface area (Å²) in [6.45, 7) is 2.74. The smallest absolute Gasteiger partial charge is 0.193 e. The van der Waals surface area contributed by atoms with Crippen LogP contribution in [0.2, 0.25) is 0 Å². The second-order valence-electron chi connectivity index (χ2n) is 4.96. The third-order valence-corrected chi connectivity index (χ3v) is 4.12. The SMILES string of the molecule is COc1cccc(NC(N)=NCCCCc2nc(C)cs2)c1. The molecule has 5 nitrogen and oxygen atoms in total. The van der Waals surface area contributed by atoms with Gasteiger partial charge in [-0.3, -0.25) is 4.99 Å². The fourth-order valence-corrected chi connectivity index (χ4v) is 2.81. The minimum atomic E-state index is 0.429. The maximum Gasteiger partial charge on any atom is 0.193 e. The first-order chi connectivity index (χ1) is 10.7. The average molecular weight is 318 g/mol. The van der Waals surface area contributed by atoms with Crippen molar-refractivity contribution >= 4 is 23.0 Å². The van der Waals surface area contributed by atoms with E-state index in [1.807, 2.05) is 31.2 Å². The van der Waals surface area contributed by atoms with Gasteiger partial charge in [0.25, 0.3) is 0 Å². The minimum Gasteiger partial charge on any atom is -0.497 e. The van der Waals surface area contributed by atoms with Gasteiger partial charge < -0.3 is 15.8 Å². The molecule has 0 unspecified atom stereocenters. The molecule has 2 rings (SSSR count). The quantitative estimate of drug-likeness (QED) is 0.467. The molecule has 0 fully saturated rings. The number of hydrogen-bond donors (Lipinski definition) is 2. The summed E-state index contributed by atoms with van der Waals surface area (Å²) in [7, 11) is 1.64. The Labute approximate surface area is 135 Å². The monoisotopic (exact) mass is 318 g/mol. The molecule has 1 aromatic carbocycles. The molecule has 0 bridgehead atoms. The Balaban J connectivity index is 1.70. The largest absolute Gasteiger partial charge is 0.497 e. The van der Waals surface area contributed by atoms with Gasteiger partial charge in [0.2, 0.25) is 0 Å². The zero-order valence-electron chi connectivity index (χ0n) is 13.0. The van der Waals surface area contributed by atoms with Gasteiger partial charge in [-0.1, -0.05) is 6.07 Å². The Morgan fingerprint density at radius 1 is 1.41 bits per heavy atom. The summed E-state index contributed by atoms with van der Waals surface area (Å²) in [6, 6.07) is 7.60. The minimum absolute atomic E-state index is 0.429. The highest BCUT2D eigenvalue weighted by molar-refractivity contribution is 7.09. The number of hydrogen-bond acceptors (Lipinski definition) is 4. The van der Waals surface area contributed by atoms with E-state index in [0.717, 1.165) is 36.4 Å². The fraction of sp³-hybridized carbons (Fsp3) is 0.375. The van der Waals surface area contributed by atoms with E-state index < -0.39 is 0 Å². The molecular weight excluding hydrogens is 296 g/mol. The van der Waals surface area contributed by atoms with Crippen molar-refractivity contribution in [2.24, 2.45) is 10.7 Å². The van der Waals surface area contributed by atoms with Gasteiger partial charge in [0.05, 0.1) is 12.1 Å². The summed E-state index contributed by atoms with van der Waals surface area (Å²) in [6.07, 6.45) is 3.08. The maximum atomic E-state index is 5.88. The molecular formula is C16H22N4OS. The van der Waals surface area contributed by atoms with Crippen LogP contribution in [-0.2, 0) is 6.42 Å². The van der Waals surface area contributed by atoms with E-state index in [0.29, 0.717) is 12.5 Å². The number of aryl methyl sites for hydroxylation is 2. The van der Waals surface area contributed by atoms with Crippen LogP contribution in [0.25, 0.3) is 0 Å². The highest BCUT2D eigenvalue weighted by atomic mass is 32.1. The van der Waals surface area contributed by atoms with Crippen LogP contribution in [0.15, 0.2) is 34.6 Å². The van der Waals surface area contributed by atoms with Gasteiger partial charge >= 0.3 is 0 Å². The molecule has 0 aliphatic rings. The Kier molecular flexibility index (Phi) is 6.21. The molecule has 0 amide bonds. The van der Waals surface area contributed by atoms with Gasteiger partial charge in [0.1, 0.15) is 5.75 Å². The predicted molar refractivity (Wildman–Crippen MR) is 92.9 cm³/mol. The molecule has 118 valence electrons. The number of aromatic nitrogens is 1. The van der Waals surface area contributed by atoms with Gasteiger partial charge in [0, 0.05) is 29.4 Å². The van der Waals surface area contributed by atoms with Crippen LogP contribution in [0.1, 0.15) is 23.5 Å². The zero-order valence-corrected chi connectivity index (χ0v) is 13.8. The molecule has 0 aliphatic carbocycles. The Morgan fingerprint density at radius 3 is 3.00 bits per heavy atom. The molecule has 3 N–H and O–H groups in total. The first-order valence-electron chi connectivity index (χ1n) is 7.29. The van der Waals surface area contributed by atoms with Crippen molar-refractivity contribution in [2.45, 2.75) is 26.2 Å². The molecule has 0 aliphatic heterocycles. The van der Waals surface area contributed by atoms with E-state index >= 15 is 0 Å². The third kappa shape index (κ3) is 5.37. The van der Waals surface area contributed by atoms with Crippen LogP contribution in [0.4, 0.5) is 5.69 Å². The van der Waals surface area contributed by atoms with Gasteiger partial charge in [-0.15, -0.1) is 11.3 Å². The number of anilines is 1. The lowest BCUT2D eigenvalue weighted by Crippen LogP contribution is -2.22. The van der Waals surface area contributed by atoms with Gasteiger partial charge in [-0.25, -0.2) is 4.98 Å². The fourth-order valence-electron chi connectivity index (χ4n) is 1.99. The highest BCUT2D eigenvalue weighted by Crippen LogP contribution is 2.16. The van der Waals surface area contributed by atoms with Crippen molar-refractivity contribution in [3.8, 4) is 5.75 Å². The second kappa shape index (κ2) is 8.38. The number of ether oxygens (including phenoxy) is 1.